The van der Waals surface area contributed by atoms with E-state index in [0.29, 0.717) is 6.54 Å². The lowest BCUT2D eigenvalue weighted by Crippen LogP contribution is -2.38. The number of halogens is 1. The highest BCUT2D eigenvalue weighted by molar-refractivity contribution is 14.0. The molecule has 1 aromatic carbocycles. The summed E-state index contributed by atoms with van der Waals surface area (Å²) in [4.78, 5) is 7.17. The molecule has 1 heterocycles. The molecule has 1 aliphatic rings. The number of nitrogens with zero attached hydrogens (tertiary/aromatic N) is 2. The fourth-order valence-electron chi connectivity index (χ4n) is 2.85. The van der Waals surface area contributed by atoms with Gasteiger partial charge in [0.1, 0.15) is 0 Å². The van der Waals surface area contributed by atoms with Crippen LogP contribution < -0.4 is 15.5 Å². The molecule has 2 rings (SSSR count). The summed E-state index contributed by atoms with van der Waals surface area (Å²) >= 11 is 0. The second kappa shape index (κ2) is 13.2. The third kappa shape index (κ3) is 7.81. The number of anilines is 1. The fourth-order valence-corrected chi connectivity index (χ4v) is 2.85. The molecule has 0 bridgehead atoms. The number of guanidine groups is 1. The molecule has 142 valence electrons. The van der Waals surface area contributed by atoms with Gasteiger partial charge in [-0.05, 0) is 25.0 Å². The molecule has 0 unspecified atom stereocenters. The molecule has 25 heavy (non-hydrogen) atoms. The average Bonchev–Trinajstić information content (AvgIpc) is 2.64. The van der Waals surface area contributed by atoms with Crippen LogP contribution in [0.3, 0.4) is 0 Å². The predicted octanol–water partition coefficient (Wildman–Crippen LogP) is 3.39. The SMILES string of the molecule is CCCCCNC(=NCc1ccccc1N1CCOCC1)NCC.I. The van der Waals surface area contributed by atoms with Crippen molar-refractivity contribution in [2.75, 3.05) is 44.3 Å². The summed E-state index contributed by atoms with van der Waals surface area (Å²) in [7, 11) is 0. The van der Waals surface area contributed by atoms with Crippen LogP contribution in [0.1, 0.15) is 38.7 Å². The minimum absolute atomic E-state index is 0. The summed E-state index contributed by atoms with van der Waals surface area (Å²) in [6.45, 7) is 10.4. The van der Waals surface area contributed by atoms with E-state index in [0.717, 1.165) is 45.4 Å². The van der Waals surface area contributed by atoms with Crippen LogP contribution >= 0.6 is 24.0 Å². The molecular formula is C19H33IN4O. The Morgan fingerprint density at radius 3 is 2.60 bits per heavy atom. The molecule has 0 spiro atoms. The molecule has 0 radical (unpaired) electrons. The number of nitrogens with one attached hydrogen (secondary N) is 2. The van der Waals surface area contributed by atoms with Crippen LogP contribution in [0.25, 0.3) is 0 Å². The molecule has 0 saturated carbocycles. The molecule has 0 aliphatic carbocycles. The Bertz CT molecular complexity index is 504. The van der Waals surface area contributed by atoms with Crippen molar-refractivity contribution < 1.29 is 4.74 Å². The second-order valence-corrected chi connectivity index (χ2v) is 6.06. The first-order valence-electron chi connectivity index (χ1n) is 9.28. The maximum atomic E-state index is 5.47. The predicted molar refractivity (Wildman–Crippen MR) is 117 cm³/mol. The van der Waals surface area contributed by atoms with Crippen LogP contribution in [0.4, 0.5) is 5.69 Å². The van der Waals surface area contributed by atoms with E-state index in [9.17, 15) is 0 Å². The second-order valence-electron chi connectivity index (χ2n) is 6.06. The standard InChI is InChI=1S/C19H32N4O.HI/c1-3-5-8-11-21-19(20-4-2)22-16-17-9-6-7-10-18(17)23-12-14-24-15-13-23;/h6-7,9-10H,3-5,8,11-16H2,1-2H3,(H2,20,21,22);1H. The lowest BCUT2D eigenvalue weighted by atomic mass is 10.1. The summed E-state index contributed by atoms with van der Waals surface area (Å²) in [6, 6.07) is 8.56. The smallest absolute Gasteiger partial charge is 0.191 e. The zero-order valence-corrected chi connectivity index (χ0v) is 17.9. The summed E-state index contributed by atoms with van der Waals surface area (Å²) in [5.74, 6) is 0.908. The Kier molecular flexibility index (Phi) is 11.6. The largest absolute Gasteiger partial charge is 0.378 e. The van der Waals surface area contributed by atoms with Crippen LogP contribution in [0.15, 0.2) is 29.3 Å². The normalized spacial score (nSPS) is 14.8. The van der Waals surface area contributed by atoms with Crippen LogP contribution in [-0.4, -0.2) is 45.4 Å². The quantitative estimate of drug-likeness (QED) is 0.270. The Balaban J connectivity index is 0.00000312. The number of hydrogen-bond acceptors (Lipinski definition) is 3. The number of unbranched alkanes of at least 4 members (excludes halogenated alkanes) is 2. The number of hydrogen-bond donors (Lipinski definition) is 2. The third-order valence-electron chi connectivity index (χ3n) is 4.17. The lowest BCUT2D eigenvalue weighted by molar-refractivity contribution is 0.122. The Morgan fingerprint density at radius 2 is 1.88 bits per heavy atom. The molecule has 6 heteroatoms. The monoisotopic (exact) mass is 460 g/mol. The summed E-state index contributed by atoms with van der Waals surface area (Å²) in [6.07, 6.45) is 3.68. The number of rotatable bonds is 8. The van der Waals surface area contributed by atoms with Gasteiger partial charge in [-0.2, -0.15) is 0 Å². The van der Waals surface area contributed by atoms with E-state index < -0.39 is 0 Å². The molecule has 1 aliphatic heterocycles. The molecule has 0 aromatic heterocycles. The minimum Gasteiger partial charge on any atom is -0.378 e. The van der Waals surface area contributed by atoms with Crippen LogP contribution in [0.2, 0.25) is 0 Å². The van der Waals surface area contributed by atoms with Crippen molar-refractivity contribution in [2.24, 2.45) is 4.99 Å². The number of morpholine rings is 1. The van der Waals surface area contributed by atoms with Gasteiger partial charge in [0.25, 0.3) is 0 Å². The zero-order valence-electron chi connectivity index (χ0n) is 15.6. The van der Waals surface area contributed by atoms with Crippen molar-refractivity contribution >= 4 is 35.6 Å². The van der Waals surface area contributed by atoms with Crippen LogP contribution in [0, 0.1) is 0 Å². The zero-order chi connectivity index (χ0) is 17.0. The van der Waals surface area contributed by atoms with E-state index in [1.54, 1.807) is 0 Å². The molecule has 1 fully saturated rings. The van der Waals surface area contributed by atoms with Gasteiger partial charge in [0, 0.05) is 31.9 Å². The number of benzene rings is 1. The lowest BCUT2D eigenvalue weighted by Gasteiger charge is -2.30. The van der Waals surface area contributed by atoms with Gasteiger partial charge in [-0.15, -0.1) is 24.0 Å². The van der Waals surface area contributed by atoms with Gasteiger partial charge < -0.3 is 20.3 Å². The van der Waals surface area contributed by atoms with E-state index in [4.69, 9.17) is 9.73 Å². The Labute approximate surface area is 169 Å². The van der Waals surface area contributed by atoms with E-state index in [-0.39, 0.29) is 24.0 Å². The van der Waals surface area contributed by atoms with Gasteiger partial charge >= 0.3 is 0 Å². The van der Waals surface area contributed by atoms with Gasteiger partial charge in [-0.1, -0.05) is 38.0 Å². The van der Waals surface area contributed by atoms with Crippen LogP contribution in [-0.2, 0) is 11.3 Å². The summed E-state index contributed by atoms with van der Waals surface area (Å²) in [5.41, 5.74) is 2.55. The highest BCUT2D eigenvalue weighted by atomic mass is 127. The van der Waals surface area contributed by atoms with E-state index >= 15 is 0 Å². The summed E-state index contributed by atoms with van der Waals surface area (Å²) < 4.78 is 5.47. The molecule has 1 aromatic rings. The van der Waals surface area contributed by atoms with Crippen molar-refractivity contribution in [2.45, 2.75) is 39.7 Å². The van der Waals surface area contributed by atoms with Crippen molar-refractivity contribution in [3.05, 3.63) is 29.8 Å². The minimum atomic E-state index is 0. The maximum Gasteiger partial charge on any atom is 0.191 e. The Morgan fingerprint density at radius 1 is 1.12 bits per heavy atom. The number of aliphatic imine (C=N–C) groups is 1. The molecule has 2 N–H and O–H groups in total. The topological polar surface area (TPSA) is 48.9 Å². The maximum absolute atomic E-state index is 5.47. The van der Waals surface area contributed by atoms with Crippen molar-refractivity contribution in [1.82, 2.24) is 10.6 Å². The first-order chi connectivity index (χ1) is 11.8. The number of para-hydroxylation sites is 1. The molecule has 5 nitrogen and oxygen atoms in total. The van der Waals surface area contributed by atoms with Gasteiger partial charge in [0.05, 0.1) is 19.8 Å². The fraction of sp³-hybridized carbons (Fsp3) is 0.632. The van der Waals surface area contributed by atoms with Gasteiger partial charge in [0.2, 0.25) is 0 Å². The first kappa shape index (κ1) is 22.0. The van der Waals surface area contributed by atoms with Gasteiger partial charge in [-0.3, -0.25) is 0 Å². The van der Waals surface area contributed by atoms with E-state index in [1.807, 2.05) is 0 Å². The van der Waals surface area contributed by atoms with E-state index in [2.05, 4.69) is 53.6 Å². The third-order valence-corrected chi connectivity index (χ3v) is 4.17. The van der Waals surface area contributed by atoms with E-state index in [1.165, 1.54) is 30.5 Å². The van der Waals surface area contributed by atoms with Crippen molar-refractivity contribution in [3.8, 4) is 0 Å². The highest BCUT2D eigenvalue weighted by Gasteiger charge is 2.14. The highest BCUT2D eigenvalue weighted by Crippen LogP contribution is 2.22. The Hall–Kier alpha value is -1.02. The van der Waals surface area contributed by atoms with Gasteiger partial charge in [-0.25, -0.2) is 4.99 Å². The van der Waals surface area contributed by atoms with Crippen LogP contribution in [0.5, 0.6) is 0 Å². The molecule has 0 amide bonds. The average molecular weight is 460 g/mol. The molecular weight excluding hydrogens is 427 g/mol. The first-order valence-corrected chi connectivity index (χ1v) is 9.28. The molecule has 1 saturated heterocycles. The number of ether oxygens (including phenoxy) is 1. The van der Waals surface area contributed by atoms with Crippen molar-refractivity contribution in [1.29, 1.82) is 0 Å². The molecule has 0 atom stereocenters. The summed E-state index contributed by atoms with van der Waals surface area (Å²) in [5, 5.41) is 6.76. The van der Waals surface area contributed by atoms with Gasteiger partial charge in [0.15, 0.2) is 5.96 Å². The van der Waals surface area contributed by atoms with Crippen molar-refractivity contribution in [3.63, 3.8) is 0 Å².